The fourth-order valence-corrected chi connectivity index (χ4v) is 1.99. The van der Waals surface area contributed by atoms with Crippen LogP contribution in [0.15, 0.2) is 36.5 Å². The highest BCUT2D eigenvalue weighted by molar-refractivity contribution is 5.97. The van der Waals surface area contributed by atoms with Crippen molar-refractivity contribution in [3.8, 4) is 16.9 Å². The number of amides is 2. The predicted octanol–water partition coefficient (Wildman–Crippen LogP) is 1.95. The molecule has 0 atom stereocenters. The molecule has 1 aromatic carbocycles. The van der Waals surface area contributed by atoms with Gasteiger partial charge in [0.1, 0.15) is 5.75 Å². The highest BCUT2D eigenvalue weighted by Gasteiger charge is 2.30. The van der Waals surface area contributed by atoms with Crippen LogP contribution in [0.5, 0.6) is 5.75 Å². The smallest absolute Gasteiger partial charge is 0.416 e. The van der Waals surface area contributed by atoms with E-state index in [1.807, 2.05) is 0 Å². The Morgan fingerprint density at radius 3 is 2.52 bits per heavy atom. The first-order valence-electron chi connectivity index (χ1n) is 7.08. The molecular formula is C16H14F3N3O3. The van der Waals surface area contributed by atoms with E-state index in [1.165, 1.54) is 25.4 Å². The van der Waals surface area contributed by atoms with E-state index in [4.69, 9.17) is 0 Å². The molecule has 0 unspecified atom stereocenters. The minimum absolute atomic E-state index is 0.190. The molecule has 0 radical (unpaired) electrons. The summed E-state index contributed by atoms with van der Waals surface area (Å²) in [6.07, 6.45) is -3.32. The number of hydrogen-bond acceptors (Lipinski definition) is 4. The Bertz CT molecular complexity index is 807. The van der Waals surface area contributed by atoms with E-state index in [0.717, 1.165) is 18.2 Å². The lowest BCUT2D eigenvalue weighted by Crippen LogP contribution is -2.35. The lowest BCUT2D eigenvalue weighted by atomic mass is 10.0. The summed E-state index contributed by atoms with van der Waals surface area (Å²) in [6.45, 7) is -0.300. The summed E-state index contributed by atoms with van der Waals surface area (Å²) < 4.78 is 38.3. The maximum absolute atomic E-state index is 12.8. The zero-order chi connectivity index (χ0) is 18.6. The van der Waals surface area contributed by atoms with Crippen molar-refractivity contribution in [1.82, 2.24) is 15.6 Å². The lowest BCUT2D eigenvalue weighted by molar-refractivity contribution is -0.137. The van der Waals surface area contributed by atoms with E-state index < -0.39 is 29.3 Å². The highest BCUT2D eigenvalue weighted by atomic mass is 19.4. The largest absolute Gasteiger partial charge is 0.505 e. The van der Waals surface area contributed by atoms with Crippen LogP contribution in [0.25, 0.3) is 11.1 Å². The van der Waals surface area contributed by atoms with Gasteiger partial charge in [-0.05, 0) is 23.8 Å². The second-order valence-corrected chi connectivity index (χ2v) is 5.03. The average Bonchev–Trinajstić information content (AvgIpc) is 2.58. The Labute approximate surface area is 140 Å². The first-order valence-corrected chi connectivity index (χ1v) is 7.08. The second kappa shape index (κ2) is 7.20. The van der Waals surface area contributed by atoms with Crippen molar-refractivity contribution in [2.75, 3.05) is 13.6 Å². The molecule has 0 aliphatic heterocycles. The van der Waals surface area contributed by atoms with Gasteiger partial charge in [-0.3, -0.25) is 9.59 Å². The monoisotopic (exact) mass is 353 g/mol. The van der Waals surface area contributed by atoms with Crippen LogP contribution < -0.4 is 10.6 Å². The standard InChI is InChI=1S/C16H14F3N3O3/c1-20-13(24)8-22-15(25)14-12(23)6-10(7-21-14)9-3-2-4-11(5-9)16(17,18)19/h2-7,23H,8H2,1H3,(H,20,24)(H,22,25). The van der Waals surface area contributed by atoms with Crippen LogP contribution in [0.2, 0.25) is 0 Å². The van der Waals surface area contributed by atoms with Crippen molar-refractivity contribution in [2.45, 2.75) is 6.18 Å². The topological polar surface area (TPSA) is 91.3 Å². The van der Waals surface area contributed by atoms with Crippen molar-refractivity contribution < 1.29 is 27.9 Å². The van der Waals surface area contributed by atoms with Gasteiger partial charge in [-0.2, -0.15) is 13.2 Å². The molecule has 9 heteroatoms. The minimum atomic E-state index is -4.49. The number of likely N-dealkylation sites (N-methyl/N-ethyl adjacent to an activating group) is 1. The summed E-state index contributed by atoms with van der Waals surface area (Å²) in [5.74, 6) is -1.73. The normalized spacial score (nSPS) is 11.0. The molecule has 0 saturated heterocycles. The van der Waals surface area contributed by atoms with Gasteiger partial charge in [0.25, 0.3) is 5.91 Å². The van der Waals surface area contributed by atoms with E-state index in [-0.39, 0.29) is 23.4 Å². The Morgan fingerprint density at radius 2 is 1.92 bits per heavy atom. The molecule has 1 heterocycles. The molecule has 0 aliphatic carbocycles. The van der Waals surface area contributed by atoms with Crippen molar-refractivity contribution in [3.63, 3.8) is 0 Å². The molecule has 132 valence electrons. The zero-order valence-electron chi connectivity index (χ0n) is 13.0. The van der Waals surface area contributed by atoms with Gasteiger partial charge in [0.05, 0.1) is 12.1 Å². The SMILES string of the molecule is CNC(=O)CNC(=O)c1ncc(-c2cccc(C(F)(F)F)c2)cc1O. The third kappa shape index (κ3) is 4.46. The summed E-state index contributed by atoms with van der Waals surface area (Å²) in [5, 5.41) is 14.5. The maximum atomic E-state index is 12.8. The van der Waals surface area contributed by atoms with E-state index >= 15 is 0 Å². The second-order valence-electron chi connectivity index (χ2n) is 5.03. The third-order valence-electron chi connectivity index (χ3n) is 3.29. The summed E-state index contributed by atoms with van der Waals surface area (Å²) in [5.41, 5.74) is -0.766. The van der Waals surface area contributed by atoms with Gasteiger partial charge in [0.15, 0.2) is 5.69 Å². The fraction of sp³-hybridized carbons (Fsp3) is 0.188. The van der Waals surface area contributed by atoms with E-state index in [2.05, 4.69) is 15.6 Å². The molecule has 2 rings (SSSR count). The summed E-state index contributed by atoms with van der Waals surface area (Å²) in [6, 6.07) is 5.65. The van der Waals surface area contributed by atoms with E-state index in [0.29, 0.717) is 0 Å². The predicted molar refractivity (Wildman–Crippen MR) is 82.7 cm³/mol. The molecule has 0 spiro atoms. The van der Waals surface area contributed by atoms with Crippen molar-refractivity contribution in [1.29, 1.82) is 0 Å². The number of carbonyl (C=O) groups is 2. The quantitative estimate of drug-likeness (QED) is 0.784. The summed E-state index contributed by atoms with van der Waals surface area (Å²) in [4.78, 5) is 26.7. The van der Waals surface area contributed by atoms with Crippen LogP contribution in [-0.4, -0.2) is 35.5 Å². The number of hydrogen-bond donors (Lipinski definition) is 3. The molecule has 2 amide bonds. The number of benzene rings is 1. The number of nitrogens with one attached hydrogen (secondary N) is 2. The van der Waals surface area contributed by atoms with Crippen molar-refractivity contribution in [2.24, 2.45) is 0 Å². The highest BCUT2D eigenvalue weighted by Crippen LogP contribution is 2.33. The lowest BCUT2D eigenvalue weighted by Gasteiger charge is -2.10. The summed E-state index contributed by atoms with van der Waals surface area (Å²) in [7, 11) is 1.40. The van der Waals surface area contributed by atoms with Crippen LogP contribution in [0.3, 0.4) is 0 Å². The molecular weight excluding hydrogens is 339 g/mol. The van der Waals surface area contributed by atoms with Crippen LogP contribution in [0.1, 0.15) is 16.1 Å². The third-order valence-corrected chi connectivity index (χ3v) is 3.29. The maximum Gasteiger partial charge on any atom is 0.416 e. The molecule has 1 aromatic heterocycles. The number of pyridine rings is 1. The number of aromatic hydroxyl groups is 1. The first-order chi connectivity index (χ1) is 11.7. The van der Waals surface area contributed by atoms with Crippen LogP contribution in [0.4, 0.5) is 13.2 Å². The number of rotatable bonds is 4. The number of alkyl halides is 3. The number of nitrogens with zero attached hydrogens (tertiary/aromatic N) is 1. The molecule has 3 N–H and O–H groups in total. The number of halogens is 3. The number of aromatic nitrogens is 1. The van der Waals surface area contributed by atoms with Gasteiger partial charge in [-0.1, -0.05) is 12.1 Å². The molecule has 0 aliphatic rings. The number of carbonyl (C=O) groups excluding carboxylic acids is 2. The average molecular weight is 353 g/mol. The Kier molecular flexibility index (Phi) is 5.26. The summed E-state index contributed by atoms with van der Waals surface area (Å²) >= 11 is 0. The van der Waals surface area contributed by atoms with Gasteiger partial charge in [0.2, 0.25) is 5.91 Å². The van der Waals surface area contributed by atoms with E-state index in [9.17, 15) is 27.9 Å². The van der Waals surface area contributed by atoms with Gasteiger partial charge >= 0.3 is 6.18 Å². The van der Waals surface area contributed by atoms with E-state index in [1.54, 1.807) is 0 Å². The first kappa shape index (κ1) is 18.2. The molecule has 0 bridgehead atoms. The van der Waals surface area contributed by atoms with Gasteiger partial charge in [-0.15, -0.1) is 0 Å². The Balaban J connectivity index is 2.25. The molecule has 2 aromatic rings. The molecule has 6 nitrogen and oxygen atoms in total. The molecule has 25 heavy (non-hydrogen) atoms. The van der Waals surface area contributed by atoms with Crippen molar-refractivity contribution >= 4 is 11.8 Å². The molecule has 0 fully saturated rings. The van der Waals surface area contributed by atoms with Crippen molar-refractivity contribution in [3.05, 3.63) is 47.8 Å². The van der Waals surface area contributed by atoms with Gasteiger partial charge in [-0.25, -0.2) is 4.98 Å². The molecule has 0 saturated carbocycles. The van der Waals surface area contributed by atoms with Crippen LogP contribution >= 0.6 is 0 Å². The van der Waals surface area contributed by atoms with Crippen LogP contribution in [0, 0.1) is 0 Å². The Hall–Kier alpha value is -3.10. The zero-order valence-corrected chi connectivity index (χ0v) is 13.0. The fourth-order valence-electron chi connectivity index (χ4n) is 1.99. The van der Waals surface area contributed by atoms with Gasteiger partial charge in [0, 0.05) is 18.8 Å². The minimum Gasteiger partial charge on any atom is -0.505 e. The van der Waals surface area contributed by atoms with Crippen LogP contribution in [-0.2, 0) is 11.0 Å². The Morgan fingerprint density at radius 1 is 1.20 bits per heavy atom. The van der Waals surface area contributed by atoms with Gasteiger partial charge < -0.3 is 15.7 Å².